The summed E-state index contributed by atoms with van der Waals surface area (Å²) in [6.45, 7) is 6.59. The molecule has 0 fully saturated rings. The van der Waals surface area contributed by atoms with Gasteiger partial charge in [-0.25, -0.2) is 9.97 Å². The Morgan fingerprint density at radius 3 is 2.56 bits per heavy atom. The molecule has 0 aliphatic heterocycles. The second-order valence-electron chi connectivity index (χ2n) is 5.10. The highest BCUT2D eigenvalue weighted by Gasteiger charge is 2.30. The van der Waals surface area contributed by atoms with E-state index in [0.29, 0.717) is 0 Å². The predicted octanol–water partition coefficient (Wildman–Crippen LogP) is 6.52. The van der Waals surface area contributed by atoms with Crippen molar-refractivity contribution in [2.24, 2.45) is 0 Å². The van der Waals surface area contributed by atoms with E-state index in [1.807, 2.05) is 31.2 Å². The van der Waals surface area contributed by atoms with E-state index in [2.05, 4.69) is 16.5 Å². The molecule has 0 spiro atoms. The molecule has 0 unspecified atom stereocenters. The predicted molar refractivity (Wildman–Crippen MR) is 98.7 cm³/mol. The number of benzene rings is 1. The first kappa shape index (κ1) is 19.5. The van der Waals surface area contributed by atoms with E-state index in [-0.39, 0.29) is 22.2 Å². The van der Waals surface area contributed by atoms with E-state index >= 15 is 0 Å². The van der Waals surface area contributed by atoms with Gasteiger partial charge in [-0.2, -0.15) is 13.2 Å². The van der Waals surface area contributed by atoms with Gasteiger partial charge in [0.15, 0.2) is 5.82 Å². The van der Waals surface area contributed by atoms with Crippen molar-refractivity contribution in [1.82, 2.24) is 9.97 Å². The van der Waals surface area contributed by atoms with Crippen molar-refractivity contribution in [2.45, 2.75) is 24.9 Å². The third kappa shape index (κ3) is 4.64. The number of allylic oxidation sites excluding steroid dienone is 1. The van der Waals surface area contributed by atoms with Crippen molar-refractivity contribution in [3.63, 3.8) is 0 Å². The summed E-state index contributed by atoms with van der Waals surface area (Å²) in [6.07, 6.45) is -2.12. The number of rotatable bonds is 5. The molecule has 0 amide bonds. The second kappa shape index (κ2) is 8.06. The normalized spacial score (nSPS) is 12.3. The molecule has 1 aromatic carbocycles. The van der Waals surface area contributed by atoms with Crippen LogP contribution in [0.4, 0.5) is 13.2 Å². The summed E-state index contributed by atoms with van der Waals surface area (Å²) in [5, 5.41) is 0.0672. The number of nitrogens with zero attached hydrogens (tertiary/aromatic N) is 2. The number of thioether (sulfide) groups is 1. The highest BCUT2D eigenvalue weighted by Crippen LogP contribution is 2.33. The van der Waals surface area contributed by atoms with Crippen LogP contribution in [-0.2, 0) is 0 Å². The molecule has 1 aromatic heterocycles. The van der Waals surface area contributed by atoms with Gasteiger partial charge < -0.3 is 0 Å². The monoisotopic (exact) mass is 384 g/mol. The van der Waals surface area contributed by atoms with Gasteiger partial charge in [-0.3, -0.25) is 0 Å². The first-order chi connectivity index (χ1) is 11.8. The Kier molecular flexibility index (Phi) is 6.30. The van der Waals surface area contributed by atoms with Gasteiger partial charge in [0.1, 0.15) is 5.15 Å². The fourth-order valence-electron chi connectivity index (χ4n) is 2.10. The standard InChI is InChI=1S/C18H16ClF3N2S/c1-4-12-14(10-11(3)18(20,21)22)23-17(24-16(12)19)13-8-6-7-9-15(13)25-5-2/h4,6-10H,1,5H2,2-3H3/b11-10+. The van der Waals surface area contributed by atoms with Crippen LogP contribution < -0.4 is 0 Å². The van der Waals surface area contributed by atoms with Crippen molar-refractivity contribution < 1.29 is 13.2 Å². The zero-order valence-electron chi connectivity index (χ0n) is 13.7. The van der Waals surface area contributed by atoms with Crippen LogP contribution in [0, 0.1) is 0 Å². The molecule has 0 bridgehead atoms. The summed E-state index contributed by atoms with van der Waals surface area (Å²) in [7, 11) is 0. The number of hydrogen-bond donors (Lipinski definition) is 0. The Labute approximate surface area is 153 Å². The first-order valence-electron chi connectivity index (χ1n) is 7.45. The molecular formula is C18H16ClF3N2S. The van der Waals surface area contributed by atoms with E-state index in [0.717, 1.165) is 29.2 Å². The molecule has 2 nitrogen and oxygen atoms in total. The summed E-state index contributed by atoms with van der Waals surface area (Å²) in [4.78, 5) is 9.50. The summed E-state index contributed by atoms with van der Waals surface area (Å²) in [6, 6.07) is 7.44. The molecule has 25 heavy (non-hydrogen) atoms. The van der Waals surface area contributed by atoms with Gasteiger partial charge in [0, 0.05) is 21.6 Å². The lowest BCUT2D eigenvalue weighted by Crippen LogP contribution is -2.09. The van der Waals surface area contributed by atoms with Crippen LogP contribution in [-0.4, -0.2) is 21.9 Å². The highest BCUT2D eigenvalue weighted by molar-refractivity contribution is 7.99. The van der Waals surface area contributed by atoms with Crippen molar-refractivity contribution in [2.75, 3.05) is 5.75 Å². The molecule has 0 aliphatic carbocycles. The van der Waals surface area contributed by atoms with Gasteiger partial charge in [0.05, 0.1) is 5.69 Å². The number of halogens is 4. The Morgan fingerprint density at radius 2 is 1.96 bits per heavy atom. The molecule has 0 aliphatic rings. The van der Waals surface area contributed by atoms with Crippen molar-refractivity contribution in [1.29, 1.82) is 0 Å². The minimum absolute atomic E-state index is 0.0672. The van der Waals surface area contributed by atoms with Gasteiger partial charge in [-0.05, 0) is 24.8 Å². The molecule has 0 saturated carbocycles. The van der Waals surface area contributed by atoms with E-state index < -0.39 is 11.7 Å². The zero-order chi connectivity index (χ0) is 18.6. The van der Waals surface area contributed by atoms with Crippen LogP contribution >= 0.6 is 23.4 Å². The molecule has 0 saturated heterocycles. The Balaban J connectivity index is 2.66. The van der Waals surface area contributed by atoms with E-state index in [4.69, 9.17) is 11.6 Å². The average molecular weight is 385 g/mol. The topological polar surface area (TPSA) is 25.8 Å². The fourth-order valence-corrected chi connectivity index (χ4v) is 3.15. The van der Waals surface area contributed by atoms with Crippen LogP contribution in [0.5, 0.6) is 0 Å². The van der Waals surface area contributed by atoms with Gasteiger partial charge in [-0.15, -0.1) is 11.8 Å². The maximum atomic E-state index is 12.9. The molecule has 2 aromatic rings. The first-order valence-corrected chi connectivity index (χ1v) is 8.82. The average Bonchev–Trinajstić information content (AvgIpc) is 2.54. The SMILES string of the molecule is C=Cc1c(Cl)nc(-c2ccccc2SCC)nc1/C=C(\C)C(F)(F)F. The minimum atomic E-state index is -4.44. The maximum absolute atomic E-state index is 12.9. The molecule has 0 atom stereocenters. The quantitative estimate of drug-likeness (QED) is 0.433. The van der Waals surface area contributed by atoms with E-state index in [1.54, 1.807) is 11.8 Å². The van der Waals surface area contributed by atoms with E-state index in [9.17, 15) is 13.2 Å². The van der Waals surface area contributed by atoms with Gasteiger partial charge in [-0.1, -0.05) is 49.4 Å². The second-order valence-corrected chi connectivity index (χ2v) is 6.76. The van der Waals surface area contributed by atoms with Crippen molar-refractivity contribution in [3.05, 3.63) is 52.8 Å². The fraction of sp³-hybridized carbons (Fsp3) is 0.222. The van der Waals surface area contributed by atoms with Crippen LogP contribution in [0.1, 0.15) is 25.1 Å². The van der Waals surface area contributed by atoms with Crippen LogP contribution in [0.25, 0.3) is 23.5 Å². The molecule has 2 rings (SSSR count). The van der Waals surface area contributed by atoms with Crippen LogP contribution in [0.2, 0.25) is 5.15 Å². The highest BCUT2D eigenvalue weighted by atomic mass is 35.5. The molecule has 0 N–H and O–H groups in total. The molecule has 0 radical (unpaired) electrons. The Bertz CT molecular complexity index is 816. The molecule has 132 valence electrons. The third-order valence-electron chi connectivity index (χ3n) is 3.36. The lowest BCUT2D eigenvalue weighted by molar-refractivity contribution is -0.0903. The lowest BCUT2D eigenvalue weighted by Gasteiger charge is -2.12. The smallest absolute Gasteiger partial charge is 0.228 e. The van der Waals surface area contributed by atoms with Crippen LogP contribution in [0.15, 0.2) is 41.3 Å². The molecular weight excluding hydrogens is 369 g/mol. The lowest BCUT2D eigenvalue weighted by atomic mass is 10.1. The summed E-state index contributed by atoms with van der Waals surface area (Å²) in [5.41, 5.74) is 0.324. The van der Waals surface area contributed by atoms with Crippen molar-refractivity contribution in [3.8, 4) is 11.4 Å². The largest absolute Gasteiger partial charge is 0.412 e. The van der Waals surface area contributed by atoms with Gasteiger partial charge in [0.25, 0.3) is 0 Å². The maximum Gasteiger partial charge on any atom is 0.412 e. The van der Waals surface area contributed by atoms with Gasteiger partial charge in [0.2, 0.25) is 0 Å². The molecule has 1 heterocycles. The van der Waals surface area contributed by atoms with E-state index in [1.165, 1.54) is 6.08 Å². The Morgan fingerprint density at radius 1 is 1.28 bits per heavy atom. The molecule has 7 heteroatoms. The Hall–Kier alpha value is -1.79. The minimum Gasteiger partial charge on any atom is -0.228 e. The summed E-state index contributed by atoms with van der Waals surface area (Å²) in [5.74, 6) is 1.13. The third-order valence-corrected chi connectivity index (χ3v) is 4.60. The van der Waals surface area contributed by atoms with Gasteiger partial charge >= 0.3 is 6.18 Å². The van der Waals surface area contributed by atoms with Crippen LogP contribution in [0.3, 0.4) is 0 Å². The van der Waals surface area contributed by atoms with Crippen molar-refractivity contribution >= 4 is 35.5 Å². The summed E-state index contributed by atoms with van der Waals surface area (Å²) >= 11 is 7.77. The summed E-state index contributed by atoms with van der Waals surface area (Å²) < 4.78 is 38.7. The zero-order valence-corrected chi connectivity index (χ0v) is 15.3. The number of alkyl halides is 3. The number of aromatic nitrogens is 2. The number of hydrogen-bond acceptors (Lipinski definition) is 3.